The quantitative estimate of drug-likeness (QED) is 0.0570. The number of ether oxygens (including phenoxy) is 7. The summed E-state index contributed by atoms with van der Waals surface area (Å²) in [5.41, 5.74) is 16.2. The number of methoxy groups -OCH3 is 4. The normalized spacial score (nSPS) is 22.4. The molecular weight excluding hydrogens is 1640 g/mol. The van der Waals surface area contributed by atoms with Gasteiger partial charge in [0.25, 0.3) is 0 Å². The first kappa shape index (κ1) is 106. The van der Waals surface area contributed by atoms with Crippen LogP contribution in [0.15, 0.2) is 140 Å². The van der Waals surface area contributed by atoms with Gasteiger partial charge in [0.1, 0.15) is 18.3 Å². The summed E-state index contributed by atoms with van der Waals surface area (Å²) >= 11 is 0. The number of hydrogen-bond acceptors (Lipinski definition) is 20. The smallest absolute Gasteiger partial charge is 0.337 e. The average molecular weight is 1780 g/mol. The Balaban J connectivity index is 0.000000240. The van der Waals surface area contributed by atoms with Crippen LogP contribution in [0.4, 0.5) is 0 Å². The van der Waals surface area contributed by atoms with Crippen molar-refractivity contribution in [3.8, 4) is 22.3 Å². The van der Waals surface area contributed by atoms with E-state index in [1.807, 2.05) is 36.4 Å². The van der Waals surface area contributed by atoms with Crippen LogP contribution in [0.25, 0.3) is 22.3 Å². The van der Waals surface area contributed by atoms with E-state index in [1.165, 1.54) is 96.3 Å². The molecule has 0 spiro atoms. The molecule has 0 saturated heterocycles. The van der Waals surface area contributed by atoms with Crippen LogP contribution in [-0.4, -0.2) is 235 Å². The van der Waals surface area contributed by atoms with Crippen molar-refractivity contribution in [2.45, 2.75) is 227 Å². The Morgan fingerprint density at radius 2 is 0.519 bits per heavy atom. The standard InChI is InChI=1S/C27H30.C22H20O2.2C15H27N3O3.2C12H18O6/c1-19-10-4-7-13-25(19)22-16-23(26-14-8-5-11-20(26)2)18-24(17-22)27-15-9-6-12-21(27)3;1-15-8-4-6-10-20(15)17-12-18(14-19(13-17)22(23)24-3)21-11-7-5-9-16(21)2;1-16(2)13(19)10-7-11(14(20)17(3)4)9-12(8-10)15(21)18(5)6;1-10(19)16(4)13-7-14(17(5)11(2)20)9-15(8-13)18(6)12(3)21;1-16-10(13)7-4-8(11(14)17-2)6-9(5-7)12(15)18-3;1-7(13)16-10-4-11(17-8(2)14)6-12(5-10)18-9(3)15/h4-15,22-24H,16-18H2,1-3H3;4-14H,1-3H3;10-12H,7-9H2,1-6H3;13-15H,7-9H2,1-6H3;7-9H,4-6H2,1-3H3;10-12H,4-6H2,1-3H3. The topological polar surface area (TPSA) is 306 Å². The molecule has 129 heavy (non-hydrogen) atoms. The molecule has 702 valence electrons. The number of nitrogens with zero attached hydrogens (tertiary/aromatic N) is 6. The summed E-state index contributed by atoms with van der Waals surface area (Å²) in [5.74, 6) is -2.93. The highest BCUT2D eigenvalue weighted by molar-refractivity contribution is 5.94. The molecule has 5 aliphatic carbocycles. The lowest BCUT2D eigenvalue weighted by atomic mass is 9.67. The largest absolute Gasteiger partial charge is 0.469 e. The van der Waals surface area contributed by atoms with E-state index in [9.17, 15) is 62.3 Å². The Hall–Kier alpha value is -11.6. The van der Waals surface area contributed by atoms with Crippen LogP contribution in [-0.2, 0) is 90.7 Å². The lowest BCUT2D eigenvalue weighted by Crippen LogP contribution is -2.53. The van der Waals surface area contributed by atoms with Gasteiger partial charge in [-0.05, 0) is 214 Å². The maximum Gasteiger partial charge on any atom is 0.337 e. The van der Waals surface area contributed by atoms with E-state index in [0.29, 0.717) is 81.1 Å². The first-order chi connectivity index (χ1) is 60.9. The zero-order valence-corrected chi connectivity index (χ0v) is 80.4. The second-order valence-corrected chi connectivity index (χ2v) is 35.6. The Labute approximate surface area is 764 Å². The van der Waals surface area contributed by atoms with Crippen LogP contribution in [0.5, 0.6) is 0 Å². The molecule has 0 bridgehead atoms. The molecule has 26 nitrogen and oxygen atoms in total. The lowest BCUT2D eigenvalue weighted by Gasteiger charge is -2.44. The molecule has 0 aromatic heterocycles. The number of aryl methyl sites for hydroxylation is 5. The second-order valence-electron chi connectivity index (χ2n) is 35.6. The van der Waals surface area contributed by atoms with Crippen molar-refractivity contribution < 1.29 is 95.5 Å². The molecule has 6 aromatic rings. The molecule has 6 amide bonds. The van der Waals surface area contributed by atoms with Crippen LogP contribution >= 0.6 is 0 Å². The number of hydrogen-bond donors (Lipinski definition) is 0. The van der Waals surface area contributed by atoms with Gasteiger partial charge >= 0.3 is 41.8 Å². The number of amides is 6. The van der Waals surface area contributed by atoms with Crippen molar-refractivity contribution >= 4 is 77.2 Å². The SMILES string of the molecule is CC(=O)N(C)C1CC(N(C)C(C)=O)CC(N(C)C(C)=O)C1.CC(=O)OC1CC(OC(C)=O)CC(OC(C)=O)C1.CN(C)C(=O)C1CC(C(=O)N(C)C)CC(C(=O)N(C)C)C1.COC(=O)C1CC(C(=O)OC)CC(C(=O)OC)C1.COC(=O)c1cc(-c2ccccc2C)cc(-c2ccccc2C)c1.Cc1ccccc1C1CC(c2ccccc2C)CC(c2ccccc2C)C1. The Morgan fingerprint density at radius 1 is 0.279 bits per heavy atom. The molecule has 0 aliphatic heterocycles. The van der Waals surface area contributed by atoms with E-state index in [-0.39, 0.29) is 95.6 Å². The fourth-order valence-corrected chi connectivity index (χ4v) is 18.7. The molecule has 11 rings (SSSR count). The molecule has 0 N–H and O–H groups in total. The molecule has 5 saturated carbocycles. The van der Waals surface area contributed by atoms with E-state index < -0.39 is 53.6 Å². The van der Waals surface area contributed by atoms with Gasteiger partial charge in [-0.2, -0.15) is 0 Å². The van der Waals surface area contributed by atoms with Crippen molar-refractivity contribution in [2.24, 2.45) is 35.5 Å². The maximum absolute atomic E-state index is 12.3. The number of carbonyl (C=O) groups excluding carboxylic acids is 13. The van der Waals surface area contributed by atoms with Gasteiger partial charge in [0.2, 0.25) is 35.4 Å². The molecule has 26 heteroatoms. The Kier molecular flexibility index (Phi) is 42.0. The van der Waals surface area contributed by atoms with Crippen molar-refractivity contribution in [3.05, 3.63) is 190 Å². The molecule has 0 heterocycles. The van der Waals surface area contributed by atoms with Crippen molar-refractivity contribution in [1.82, 2.24) is 29.4 Å². The minimum Gasteiger partial charge on any atom is -0.469 e. The molecule has 5 aliphatic rings. The summed E-state index contributed by atoms with van der Waals surface area (Å²) in [6.07, 6.45) is 8.89. The highest BCUT2D eigenvalue weighted by atomic mass is 16.6. The second kappa shape index (κ2) is 51.0. The third-order valence-corrected chi connectivity index (χ3v) is 25.6. The van der Waals surface area contributed by atoms with E-state index in [2.05, 4.69) is 152 Å². The van der Waals surface area contributed by atoms with E-state index in [0.717, 1.165) is 41.5 Å². The van der Waals surface area contributed by atoms with Crippen molar-refractivity contribution in [3.63, 3.8) is 0 Å². The van der Waals surface area contributed by atoms with Crippen LogP contribution in [0.2, 0.25) is 0 Å². The van der Waals surface area contributed by atoms with Gasteiger partial charge in [-0.3, -0.25) is 57.5 Å². The van der Waals surface area contributed by atoms with Gasteiger partial charge in [0.15, 0.2) is 0 Å². The van der Waals surface area contributed by atoms with Crippen LogP contribution in [0.1, 0.15) is 210 Å². The highest BCUT2D eigenvalue weighted by Gasteiger charge is 2.44. The van der Waals surface area contributed by atoms with Crippen LogP contribution in [0.3, 0.4) is 0 Å². The minimum absolute atomic E-state index is 0.00260. The lowest BCUT2D eigenvalue weighted by molar-refractivity contribution is -0.167. The summed E-state index contributed by atoms with van der Waals surface area (Å²) < 4.78 is 34.2. The first-order valence-electron chi connectivity index (χ1n) is 44.5. The Morgan fingerprint density at radius 3 is 0.736 bits per heavy atom. The molecule has 0 unspecified atom stereocenters. The van der Waals surface area contributed by atoms with Gasteiger partial charge in [-0.1, -0.05) is 121 Å². The zero-order chi connectivity index (χ0) is 96.0. The number of benzene rings is 6. The fourth-order valence-electron chi connectivity index (χ4n) is 18.7. The monoisotopic (exact) mass is 1780 g/mol. The van der Waals surface area contributed by atoms with Gasteiger partial charge < -0.3 is 62.6 Å². The first-order valence-corrected chi connectivity index (χ1v) is 44.5. The number of esters is 7. The summed E-state index contributed by atoms with van der Waals surface area (Å²) in [4.78, 5) is 161. The van der Waals surface area contributed by atoms with E-state index in [4.69, 9.17) is 18.9 Å². The number of rotatable bonds is 18. The molecular formula is C103H140N6O20. The maximum atomic E-state index is 12.3. The average Bonchev–Trinajstić information content (AvgIpc) is 0.790. The highest BCUT2D eigenvalue weighted by Crippen LogP contribution is 2.50. The summed E-state index contributed by atoms with van der Waals surface area (Å²) in [7, 11) is 20.9. The number of carbonyl (C=O) groups is 13. The van der Waals surface area contributed by atoms with Gasteiger partial charge in [-0.15, -0.1) is 0 Å². The van der Waals surface area contributed by atoms with Gasteiger partial charge in [-0.25, -0.2) is 4.79 Å². The van der Waals surface area contributed by atoms with Crippen LogP contribution < -0.4 is 0 Å². The fraction of sp³-hybridized carbons (Fsp3) is 0.524. The van der Waals surface area contributed by atoms with Crippen molar-refractivity contribution in [2.75, 3.05) is 91.9 Å². The third kappa shape index (κ3) is 31.7. The van der Waals surface area contributed by atoms with Gasteiger partial charge in [0.05, 0.1) is 51.8 Å². The molecule has 6 aromatic carbocycles. The molecule has 0 atom stereocenters. The van der Waals surface area contributed by atoms with E-state index in [1.54, 1.807) is 130 Å². The third-order valence-electron chi connectivity index (χ3n) is 25.6. The summed E-state index contributed by atoms with van der Waals surface area (Å²) in [6, 6.07) is 49.5. The molecule has 5 fully saturated rings. The van der Waals surface area contributed by atoms with E-state index >= 15 is 0 Å². The zero-order valence-electron chi connectivity index (χ0n) is 80.4. The van der Waals surface area contributed by atoms with Crippen molar-refractivity contribution in [1.29, 1.82) is 0 Å². The van der Waals surface area contributed by atoms with Gasteiger partial charge in [0, 0.05) is 160 Å². The predicted molar refractivity (Wildman–Crippen MR) is 496 cm³/mol. The summed E-state index contributed by atoms with van der Waals surface area (Å²) in [6.45, 7) is 19.6. The molecule has 0 radical (unpaired) electrons. The Bertz CT molecular complexity index is 4380. The summed E-state index contributed by atoms with van der Waals surface area (Å²) in [5, 5.41) is 0. The van der Waals surface area contributed by atoms with Crippen LogP contribution in [0, 0.1) is 70.1 Å². The predicted octanol–water partition coefficient (Wildman–Crippen LogP) is 15.4. The minimum atomic E-state index is -0.461.